The van der Waals surface area contributed by atoms with Crippen molar-refractivity contribution < 1.29 is 0 Å². The summed E-state index contributed by atoms with van der Waals surface area (Å²) in [4.78, 5) is 0. The molecule has 1 N–H and O–H groups in total. The van der Waals surface area contributed by atoms with Gasteiger partial charge < -0.3 is 5.32 Å². The first-order chi connectivity index (χ1) is 9.74. The molecule has 0 aliphatic heterocycles. The van der Waals surface area contributed by atoms with E-state index in [1.54, 1.807) is 6.20 Å². The molecule has 0 bridgehead atoms. The molecule has 0 spiro atoms. The minimum atomic E-state index is 0.320. The molecule has 1 heterocycles. The number of hydrogen-bond acceptors (Lipinski definition) is 2. The average Bonchev–Trinajstić information content (AvgIpc) is 2.83. The quantitative estimate of drug-likeness (QED) is 0.585. The summed E-state index contributed by atoms with van der Waals surface area (Å²) >= 11 is 6.27. The van der Waals surface area contributed by atoms with Gasteiger partial charge in [-0.15, -0.1) is 0 Å². The van der Waals surface area contributed by atoms with Gasteiger partial charge >= 0.3 is 0 Å². The van der Waals surface area contributed by atoms with Crippen LogP contribution in [0.25, 0.3) is 0 Å². The van der Waals surface area contributed by atoms with Gasteiger partial charge in [0.15, 0.2) is 0 Å². The predicted octanol–water partition coefficient (Wildman–Crippen LogP) is 4.96. The van der Waals surface area contributed by atoms with E-state index in [1.807, 2.05) is 11.7 Å². The molecule has 0 aliphatic rings. The molecule has 0 aliphatic carbocycles. The lowest BCUT2D eigenvalue weighted by Gasteiger charge is -2.18. The zero-order chi connectivity index (χ0) is 14.8. The summed E-state index contributed by atoms with van der Waals surface area (Å²) in [7, 11) is 2.01. The highest BCUT2D eigenvalue weighted by molar-refractivity contribution is 6.31. The number of unbranched alkanes of at least 4 members (excludes halogenated alkanes) is 6. The van der Waals surface area contributed by atoms with Gasteiger partial charge in [0, 0.05) is 6.54 Å². The van der Waals surface area contributed by atoms with Crippen molar-refractivity contribution >= 4 is 11.6 Å². The van der Waals surface area contributed by atoms with Gasteiger partial charge in [0.1, 0.15) is 0 Å². The molecule has 1 rings (SSSR count). The first-order valence-corrected chi connectivity index (χ1v) is 8.50. The van der Waals surface area contributed by atoms with E-state index in [1.165, 1.54) is 44.9 Å². The number of aromatic nitrogens is 2. The summed E-state index contributed by atoms with van der Waals surface area (Å²) < 4.78 is 2.00. The van der Waals surface area contributed by atoms with Crippen molar-refractivity contribution in [1.82, 2.24) is 15.1 Å². The Morgan fingerprint density at radius 3 is 2.40 bits per heavy atom. The first kappa shape index (κ1) is 17.5. The van der Waals surface area contributed by atoms with Gasteiger partial charge in [0.05, 0.1) is 23.0 Å². The molecular weight excluding hydrogens is 270 g/mol. The van der Waals surface area contributed by atoms with E-state index < -0.39 is 0 Å². The van der Waals surface area contributed by atoms with Crippen molar-refractivity contribution in [2.45, 2.75) is 77.8 Å². The molecule has 1 unspecified atom stereocenters. The molecule has 1 aromatic rings. The van der Waals surface area contributed by atoms with E-state index in [0.29, 0.717) is 6.04 Å². The van der Waals surface area contributed by atoms with E-state index in [2.05, 4.69) is 24.3 Å². The third-order valence-corrected chi connectivity index (χ3v) is 4.20. The van der Waals surface area contributed by atoms with E-state index in [-0.39, 0.29) is 0 Å². The largest absolute Gasteiger partial charge is 0.312 e. The molecule has 1 atom stereocenters. The zero-order valence-corrected chi connectivity index (χ0v) is 14.0. The normalized spacial score (nSPS) is 12.8. The van der Waals surface area contributed by atoms with E-state index >= 15 is 0 Å². The van der Waals surface area contributed by atoms with Crippen LogP contribution in [0.15, 0.2) is 6.20 Å². The van der Waals surface area contributed by atoms with Crippen molar-refractivity contribution in [3.63, 3.8) is 0 Å². The van der Waals surface area contributed by atoms with Crippen LogP contribution in [0.5, 0.6) is 0 Å². The van der Waals surface area contributed by atoms with Gasteiger partial charge in [-0.2, -0.15) is 5.10 Å². The third-order valence-electron chi connectivity index (χ3n) is 3.91. The standard InChI is InChI=1S/C16H30ClN3/c1-4-6-7-8-9-10-11-12-15(18-3)16-14(17)13-19-20(16)5-2/h13,15,18H,4-12H2,1-3H3. The van der Waals surface area contributed by atoms with Crippen molar-refractivity contribution in [2.24, 2.45) is 0 Å². The number of nitrogens with one attached hydrogen (secondary N) is 1. The second kappa shape index (κ2) is 10.2. The summed E-state index contributed by atoms with van der Waals surface area (Å²) in [6.07, 6.45) is 12.3. The Bertz CT molecular complexity index is 363. The maximum absolute atomic E-state index is 6.27. The van der Waals surface area contributed by atoms with Gasteiger partial charge in [-0.05, 0) is 20.4 Å². The average molecular weight is 300 g/mol. The minimum Gasteiger partial charge on any atom is -0.312 e. The minimum absolute atomic E-state index is 0.320. The Kier molecular flexibility index (Phi) is 8.95. The van der Waals surface area contributed by atoms with Crippen LogP contribution in [0.4, 0.5) is 0 Å². The monoisotopic (exact) mass is 299 g/mol. The van der Waals surface area contributed by atoms with Crippen LogP contribution in [-0.4, -0.2) is 16.8 Å². The van der Waals surface area contributed by atoms with Gasteiger partial charge in [-0.25, -0.2) is 0 Å². The molecular formula is C16H30ClN3. The van der Waals surface area contributed by atoms with Crippen molar-refractivity contribution in [2.75, 3.05) is 7.05 Å². The maximum atomic E-state index is 6.27. The smallest absolute Gasteiger partial charge is 0.0834 e. The fourth-order valence-electron chi connectivity index (χ4n) is 2.69. The Morgan fingerprint density at radius 2 is 1.80 bits per heavy atom. The van der Waals surface area contributed by atoms with E-state index in [9.17, 15) is 0 Å². The summed E-state index contributed by atoms with van der Waals surface area (Å²) in [5.74, 6) is 0. The summed E-state index contributed by atoms with van der Waals surface area (Å²) in [6.45, 7) is 5.24. The maximum Gasteiger partial charge on any atom is 0.0834 e. The van der Waals surface area contributed by atoms with Gasteiger partial charge in [-0.1, -0.05) is 63.5 Å². The third kappa shape index (κ3) is 5.45. The van der Waals surface area contributed by atoms with Gasteiger partial charge in [0.2, 0.25) is 0 Å². The Hall–Kier alpha value is -0.540. The lowest BCUT2D eigenvalue weighted by Crippen LogP contribution is -2.20. The second-order valence-corrected chi connectivity index (χ2v) is 5.85. The second-order valence-electron chi connectivity index (χ2n) is 5.44. The summed E-state index contributed by atoms with van der Waals surface area (Å²) in [5.41, 5.74) is 1.14. The molecule has 0 saturated carbocycles. The van der Waals surface area contributed by atoms with Crippen molar-refractivity contribution in [3.05, 3.63) is 16.9 Å². The van der Waals surface area contributed by atoms with Crippen LogP contribution in [0, 0.1) is 0 Å². The fourth-order valence-corrected chi connectivity index (χ4v) is 2.97. The predicted molar refractivity (Wildman–Crippen MR) is 87.3 cm³/mol. The molecule has 0 amide bonds. The first-order valence-electron chi connectivity index (χ1n) is 8.13. The van der Waals surface area contributed by atoms with Gasteiger partial charge in [0.25, 0.3) is 0 Å². The molecule has 0 fully saturated rings. The number of nitrogens with zero attached hydrogens (tertiary/aromatic N) is 2. The fraction of sp³-hybridized carbons (Fsp3) is 0.812. The topological polar surface area (TPSA) is 29.9 Å². The number of hydrogen-bond donors (Lipinski definition) is 1. The number of halogens is 1. The molecule has 0 aromatic carbocycles. The molecule has 20 heavy (non-hydrogen) atoms. The molecule has 3 nitrogen and oxygen atoms in total. The highest BCUT2D eigenvalue weighted by atomic mass is 35.5. The number of rotatable bonds is 11. The molecule has 116 valence electrons. The summed E-state index contributed by atoms with van der Waals surface area (Å²) in [5, 5.41) is 8.50. The van der Waals surface area contributed by atoms with E-state index in [4.69, 9.17) is 11.6 Å². The zero-order valence-electron chi connectivity index (χ0n) is 13.3. The van der Waals surface area contributed by atoms with Crippen molar-refractivity contribution in [1.29, 1.82) is 0 Å². The lowest BCUT2D eigenvalue weighted by molar-refractivity contribution is 0.460. The number of aryl methyl sites for hydroxylation is 1. The Labute approximate surface area is 129 Å². The molecule has 0 radical (unpaired) electrons. The van der Waals surface area contributed by atoms with E-state index in [0.717, 1.165) is 23.7 Å². The van der Waals surface area contributed by atoms with Gasteiger partial charge in [-0.3, -0.25) is 4.68 Å². The van der Waals surface area contributed by atoms with Crippen LogP contribution in [0.1, 0.15) is 76.9 Å². The highest BCUT2D eigenvalue weighted by Crippen LogP contribution is 2.26. The molecule has 1 aromatic heterocycles. The van der Waals surface area contributed by atoms with Crippen LogP contribution >= 0.6 is 11.6 Å². The molecule has 0 saturated heterocycles. The van der Waals surface area contributed by atoms with Crippen LogP contribution in [0.3, 0.4) is 0 Å². The Balaban J connectivity index is 2.34. The SMILES string of the molecule is CCCCCCCCCC(NC)c1c(Cl)cnn1CC. The van der Waals surface area contributed by atoms with Crippen LogP contribution < -0.4 is 5.32 Å². The van der Waals surface area contributed by atoms with Crippen LogP contribution in [0.2, 0.25) is 5.02 Å². The summed E-state index contributed by atoms with van der Waals surface area (Å²) in [6, 6.07) is 0.320. The van der Waals surface area contributed by atoms with Crippen molar-refractivity contribution in [3.8, 4) is 0 Å². The lowest BCUT2D eigenvalue weighted by atomic mass is 10.0. The Morgan fingerprint density at radius 1 is 1.15 bits per heavy atom. The highest BCUT2D eigenvalue weighted by Gasteiger charge is 2.17. The molecule has 4 heteroatoms. The van der Waals surface area contributed by atoms with Crippen LogP contribution in [-0.2, 0) is 6.54 Å².